The smallest absolute Gasteiger partial charge is 0.312 e. The Morgan fingerprint density at radius 3 is 2.47 bits per heavy atom. The van der Waals surface area contributed by atoms with Gasteiger partial charge in [-0.25, -0.2) is 0 Å². The average Bonchev–Trinajstić information content (AvgIpc) is 3.26. The number of amides is 2. The molecule has 0 aromatic heterocycles. The van der Waals surface area contributed by atoms with Crippen molar-refractivity contribution in [3.05, 3.63) is 60.2 Å². The van der Waals surface area contributed by atoms with Gasteiger partial charge in [-0.15, -0.1) is 0 Å². The maximum absolute atomic E-state index is 12.9. The second kappa shape index (κ2) is 10.7. The summed E-state index contributed by atoms with van der Waals surface area (Å²) in [6, 6.07) is 17.4. The standard InChI is InChI=1S/C26H31N3O5/c1-19(25(31)28-13-11-27(12-14-28)17-20-7-4-3-5-8-20)34-26(32)21-15-24(30)29(18-21)22-9-6-10-23(16-22)33-2/h3-10,16,19,21H,11-15,17-18H2,1-2H3. The summed E-state index contributed by atoms with van der Waals surface area (Å²) in [7, 11) is 1.56. The fraction of sp³-hybridized carbons (Fsp3) is 0.423. The van der Waals surface area contributed by atoms with Crippen LogP contribution >= 0.6 is 0 Å². The van der Waals surface area contributed by atoms with Gasteiger partial charge in [0.05, 0.1) is 13.0 Å². The highest BCUT2D eigenvalue weighted by atomic mass is 16.5. The molecular formula is C26H31N3O5. The molecule has 2 aromatic rings. The van der Waals surface area contributed by atoms with Crippen molar-refractivity contribution < 1.29 is 23.9 Å². The molecule has 34 heavy (non-hydrogen) atoms. The minimum Gasteiger partial charge on any atom is -0.497 e. The van der Waals surface area contributed by atoms with Crippen LogP contribution in [0.3, 0.4) is 0 Å². The largest absolute Gasteiger partial charge is 0.497 e. The quantitative estimate of drug-likeness (QED) is 0.584. The number of rotatable bonds is 7. The van der Waals surface area contributed by atoms with Gasteiger partial charge in [0.25, 0.3) is 5.91 Å². The van der Waals surface area contributed by atoms with Gasteiger partial charge in [-0.1, -0.05) is 36.4 Å². The van der Waals surface area contributed by atoms with E-state index in [1.165, 1.54) is 5.56 Å². The molecule has 2 atom stereocenters. The van der Waals surface area contributed by atoms with Crippen LogP contribution in [0.15, 0.2) is 54.6 Å². The van der Waals surface area contributed by atoms with Gasteiger partial charge in [0, 0.05) is 57.4 Å². The van der Waals surface area contributed by atoms with Crippen molar-refractivity contribution in [2.75, 3.05) is 44.7 Å². The highest BCUT2D eigenvalue weighted by Crippen LogP contribution is 2.28. The number of methoxy groups -OCH3 is 1. The molecule has 8 heteroatoms. The van der Waals surface area contributed by atoms with E-state index < -0.39 is 18.0 Å². The van der Waals surface area contributed by atoms with Gasteiger partial charge in [0.2, 0.25) is 5.91 Å². The van der Waals surface area contributed by atoms with Crippen LogP contribution in [0.2, 0.25) is 0 Å². The molecule has 2 saturated heterocycles. The monoisotopic (exact) mass is 465 g/mol. The van der Waals surface area contributed by atoms with Crippen LogP contribution in [0, 0.1) is 5.92 Å². The predicted octanol–water partition coefficient (Wildman–Crippen LogP) is 2.32. The van der Waals surface area contributed by atoms with Crippen LogP contribution in [0.4, 0.5) is 5.69 Å². The number of carbonyl (C=O) groups excluding carboxylic acids is 3. The summed E-state index contributed by atoms with van der Waals surface area (Å²) >= 11 is 0. The van der Waals surface area contributed by atoms with Gasteiger partial charge in [-0.2, -0.15) is 0 Å². The predicted molar refractivity (Wildman–Crippen MR) is 127 cm³/mol. The summed E-state index contributed by atoms with van der Waals surface area (Å²) in [6.07, 6.45) is -0.816. The zero-order chi connectivity index (χ0) is 24.1. The summed E-state index contributed by atoms with van der Waals surface area (Å²) in [6.45, 7) is 5.42. The van der Waals surface area contributed by atoms with E-state index in [2.05, 4.69) is 17.0 Å². The SMILES string of the molecule is COc1cccc(N2CC(C(=O)OC(C)C(=O)N3CCN(Cc4ccccc4)CC3)CC2=O)c1. The molecule has 2 aliphatic heterocycles. The number of carbonyl (C=O) groups is 3. The lowest BCUT2D eigenvalue weighted by molar-refractivity contribution is -0.162. The molecule has 0 saturated carbocycles. The Hall–Kier alpha value is -3.39. The van der Waals surface area contributed by atoms with Crippen molar-refractivity contribution in [2.24, 2.45) is 5.92 Å². The first-order valence-corrected chi connectivity index (χ1v) is 11.6. The van der Waals surface area contributed by atoms with Gasteiger partial charge in [0.15, 0.2) is 6.10 Å². The molecule has 2 unspecified atom stereocenters. The minimum atomic E-state index is -0.880. The molecule has 2 aromatic carbocycles. The van der Waals surface area contributed by atoms with Crippen LogP contribution in [-0.4, -0.2) is 73.5 Å². The van der Waals surface area contributed by atoms with Crippen LogP contribution in [0.1, 0.15) is 18.9 Å². The van der Waals surface area contributed by atoms with Crippen molar-refractivity contribution in [1.82, 2.24) is 9.80 Å². The van der Waals surface area contributed by atoms with Crippen molar-refractivity contribution in [3.8, 4) is 5.75 Å². The molecule has 4 rings (SSSR count). The Kier molecular flexibility index (Phi) is 7.47. The molecule has 0 bridgehead atoms. The Balaban J connectivity index is 1.26. The molecule has 2 fully saturated rings. The Morgan fingerprint density at radius 1 is 1.03 bits per heavy atom. The van der Waals surface area contributed by atoms with E-state index in [9.17, 15) is 14.4 Å². The molecule has 2 amide bonds. The van der Waals surface area contributed by atoms with E-state index in [0.29, 0.717) is 24.5 Å². The number of piperazine rings is 1. The fourth-order valence-electron chi connectivity index (χ4n) is 4.44. The van der Waals surface area contributed by atoms with E-state index in [1.807, 2.05) is 18.2 Å². The van der Waals surface area contributed by atoms with Gasteiger partial charge < -0.3 is 19.3 Å². The van der Waals surface area contributed by atoms with Gasteiger partial charge in [-0.3, -0.25) is 19.3 Å². The third-order valence-corrected chi connectivity index (χ3v) is 6.40. The van der Waals surface area contributed by atoms with Crippen molar-refractivity contribution in [2.45, 2.75) is 26.0 Å². The van der Waals surface area contributed by atoms with Gasteiger partial charge >= 0.3 is 5.97 Å². The highest BCUT2D eigenvalue weighted by Gasteiger charge is 2.38. The first-order chi connectivity index (χ1) is 16.4. The van der Waals surface area contributed by atoms with Crippen LogP contribution in [0.5, 0.6) is 5.75 Å². The summed E-state index contributed by atoms with van der Waals surface area (Å²) in [5.74, 6) is -0.816. The van der Waals surface area contributed by atoms with Crippen LogP contribution in [0.25, 0.3) is 0 Å². The van der Waals surface area contributed by atoms with Crippen LogP contribution in [-0.2, 0) is 25.7 Å². The summed E-state index contributed by atoms with van der Waals surface area (Å²) in [4.78, 5) is 43.8. The van der Waals surface area contributed by atoms with E-state index >= 15 is 0 Å². The van der Waals surface area contributed by atoms with Crippen LogP contribution < -0.4 is 9.64 Å². The third kappa shape index (κ3) is 5.56. The number of esters is 1. The van der Waals surface area contributed by atoms with E-state index in [1.54, 1.807) is 48.1 Å². The number of nitrogens with zero attached hydrogens (tertiary/aromatic N) is 3. The Labute approximate surface area is 200 Å². The van der Waals surface area contributed by atoms with Crippen molar-refractivity contribution in [3.63, 3.8) is 0 Å². The minimum absolute atomic E-state index is 0.0646. The average molecular weight is 466 g/mol. The fourth-order valence-corrected chi connectivity index (χ4v) is 4.44. The molecule has 0 aliphatic carbocycles. The van der Waals surface area contributed by atoms with E-state index in [-0.39, 0.29) is 24.8 Å². The van der Waals surface area contributed by atoms with Crippen molar-refractivity contribution >= 4 is 23.5 Å². The normalized spacial score (nSPS) is 19.7. The lowest BCUT2D eigenvalue weighted by Gasteiger charge is -2.35. The number of ether oxygens (including phenoxy) is 2. The zero-order valence-corrected chi connectivity index (χ0v) is 19.7. The highest BCUT2D eigenvalue weighted by molar-refractivity contribution is 5.99. The molecule has 2 heterocycles. The summed E-state index contributed by atoms with van der Waals surface area (Å²) < 4.78 is 10.7. The second-order valence-corrected chi connectivity index (χ2v) is 8.77. The van der Waals surface area contributed by atoms with E-state index in [0.717, 1.165) is 19.6 Å². The topological polar surface area (TPSA) is 79.4 Å². The van der Waals surface area contributed by atoms with E-state index in [4.69, 9.17) is 9.47 Å². The zero-order valence-electron chi connectivity index (χ0n) is 19.7. The summed E-state index contributed by atoms with van der Waals surface area (Å²) in [5.41, 5.74) is 1.93. The Morgan fingerprint density at radius 2 is 1.76 bits per heavy atom. The van der Waals surface area contributed by atoms with Crippen molar-refractivity contribution in [1.29, 1.82) is 0 Å². The number of hydrogen-bond donors (Lipinski definition) is 0. The molecule has 8 nitrogen and oxygen atoms in total. The molecule has 0 spiro atoms. The number of benzene rings is 2. The summed E-state index contributed by atoms with van der Waals surface area (Å²) in [5, 5.41) is 0. The third-order valence-electron chi connectivity index (χ3n) is 6.40. The lowest BCUT2D eigenvalue weighted by atomic mass is 10.1. The second-order valence-electron chi connectivity index (χ2n) is 8.77. The molecule has 0 N–H and O–H groups in total. The first-order valence-electron chi connectivity index (χ1n) is 11.6. The maximum Gasteiger partial charge on any atom is 0.312 e. The molecular weight excluding hydrogens is 434 g/mol. The molecule has 2 aliphatic rings. The van der Waals surface area contributed by atoms with Gasteiger partial charge in [0.1, 0.15) is 5.75 Å². The Bertz CT molecular complexity index is 1020. The molecule has 180 valence electrons. The van der Waals surface area contributed by atoms with Gasteiger partial charge in [-0.05, 0) is 24.6 Å². The maximum atomic E-state index is 12.9. The first kappa shape index (κ1) is 23.8. The number of anilines is 1. The number of hydrogen-bond acceptors (Lipinski definition) is 6. The molecule has 0 radical (unpaired) electrons. The lowest BCUT2D eigenvalue weighted by Crippen LogP contribution is -2.51.